The van der Waals surface area contributed by atoms with Gasteiger partial charge in [-0.25, -0.2) is 13.2 Å². The minimum Gasteiger partial charge on any atom is -0.423 e. The Hall–Kier alpha value is -5.81. The van der Waals surface area contributed by atoms with Gasteiger partial charge in [-0.15, -0.1) is 68.0 Å². The largest absolute Gasteiger partial charge is 0.491 e. The van der Waals surface area contributed by atoms with E-state index in [0.717, 1.165) is 147 Å². The highest BCUT2D eigenvalue weighted by Crippen LogP contribution is 2.56. The topological polar surface area (TPSA) is 213 Å². The maximum absolute atomic E-state index is 15.1. The van der Waals surface area contributed by atoms with E-state index in [-0.39, 0.29) is 26.9 Å². The molecule has 26 heteroatoms. The number of hydrogen-bond donors (Lipinski definition) is 2. The Bertz CT molecular complexity index is 3560. The van der Waals surface area contributed by atoms with Crippen LogP contribution in [0.3, 0.4) is 0 Å². The van der Waals surface area contributed by atoms with Gasteiger partial charge in [0.1, 0.15) is 37.0 Å². The molecular formula is C57H52BBr2F3N4O10S6. The van der Waals surface area contributed by atoms with Crippen LogP contribution in [0.25, 0.3) is 59.9 Å². The fraction of sp³-hybridized carbons (Fsp3) is 0.263. The van der Waals surface area contributed by atoms with Crippen molar-refractivity contribution in [2.24, 2.45) is 0 Å². The lowest BCUT2D eigenvalue weighted by Crippen LogP contribution is -2.32. The molecule has 3 aromatic carbocycles. The Morgan fingerprint density at radius 1 is 0.410 bits per heavy atom. The van der Waals surface area contributed by atoms with Crippen LogP contribution in [0.4, 0.5) is 35.9 Å². The minimum absolute atomic E-state index is 0.0609. The van der Waals surface area contributed by atoms with Gasteiger partial charge in [0.05, 0.1) is 46.8 Å². The van der Waals surface area contributed by atoms with E-state index in [4.69, 9.17) is 10.0 Å². The summed E-state index contributed by atoms with van der Waals surface area (Å²) in [5, 5.41) is 65.1. The standard InChI is InChI=1S/C34H32F2N2O4S3.C12H4Br2N2O4S3.C11H16BFO2/c1-3-5-7-9-21-11-13-23(25(35)19-21)27-15-17-29(43-27)33-31(37(39)40)32(38(41)42)34(45-33)30-18-16-28(44-30)24-14-12-22(20-26(24)36)10-8-6-4-2;13-7-3-1-5(21-7)11-9(15(17)18)10(16(19)20)12(23-11)6-2-4-8(14)22-6;1-2-3-4-5-9-6-7-10(12(14)15)11(13)8-9/h11-20H,3-10H2,1-2H3;1-4H;6-8,14-15H,2-5H2,1H3. The number of rotatable bonds is 23. The molecule has 0 spiro atoms. The summed E-state index contributed by atoms with van der Waals surface area (Å²) in [5.41, 5.74) is 1.32. The smallest absolute Gasteiger partial charge is 0.423 e. The van der Waals surface area contributed by atoms with Crippen molar-refractivity contribution in [2.75, 3.05) is 0 Å². The molecule has 83 heavy (non-hydrogen) atoms. The zero-order chi connectivity index (χ0) is 60.1. The first-order chi connectivity index (χ1) is 39.7. The number of halogens is 5. The van der Waals surface area contributed by atoms with Gasteiger partial charge in [0.2, 0.25) is 0 Å². The molecule has 2 N–H and O–H groups in total. The lowest BCUT2D eigenvalue weighted by Gasteiger charge is -2.05. The SMILES string of the molecule is CCCCCc1ccc(-c2ccc(-c3sc(-c4ccc(-c5ccc(CCCCC)cc5F)s4)c([N+](=O)[O-])c3[N+](=O)[O-])s2)c(F)c1.CCCCCc1ccc(B(O)O)c(F)c1.O=[N+]([O-])c1c(-c2ccc(Br)s2)sc(-c2ccc(Br)s2)c1[N+](=O)[O-]. The van der Waals surface area contributed by atoms with Crippen LogP contribution in [-0.4, -0.2) is 36.9 Å². The molecule has 0 amide bonds. The first-order valence-corrected chi connectivity index (χ1v) is 32.6. The first kappa shape index (κ1) is 64.8. The fourth-order valence-corrected chi connectivity index (χ4v) is 16.5. The van der Waals surface area contributed by atoms with Gasteiger partial charge in [0, 0.05) is 26.3 Å². The van der Waals surface area contributed by atoms with Crippen molar-refractivity contribution in [2.45, 2.75) is 97.8 Å². The van der Waals surface area contributed by atoms with Gasteiger partial charge in [0.25, 0.3) is 0 Å². The molecule has 0 aliphatic carbocycles. The second-order valence-electron chi connectivity index (χ2n) is 18.7. The van der Waals surface area contributed by atoms with E-state index in [9.17, 15) is 44.8 Å². The van der Waals surface area contributed by atoms with E-state index in [1.54, 1.807) is 66.7 Å². The minimum atomic E-state index is -1.73. The lowest BCUT2D eigenvalue weighted by atomic mass is 9.79. The molecule has 0 atom stereocenters. The molecule has 0 radical (unpaired) electrons. The van der Waals surface area contributed by atoms with Crippen molar-refractivity contribution >= 4 is 135 Å². The molecule has 9 aromatic rings. The second-order valence-corrected chi connectivity index (χ2v) is 27.8. The summed E-state index contributed by atoms with van der Waals surface area (Å²) >= 11 is 13.5. The van der Waals surface area contributed by atoms with Crippen LogP contribution in [0.5, 0.6) is 0 Å². The van der Waals surface area contributed by atoms with Crippen LogP contribution in [0.1, 0.15) is 95.2 Å². The molecule has 9 rings (SSSR count). The Morgan fingerprint density at radius 2 is 0.711 bits per heavy atom. The number of nitro groups is 4. The summed E-state index contributed by atoms with van der Waals surface area (Å²) in [4.78, 5) is 48.7. The first-order valence-electron chi connectivity index (χ1n) is 26.1. The van der Waals surface area contributed by atoms with Crippen molar-refractivity contribution < 1.29 is 42.9 Å². The molecule has 434 valence electrons. The zero-order valence-corrected chi connectivity index (χ0v) is 52.7. The van der Waals surface area contributed by atoms with Gasteiger partial charge < -0.3 is 10.0 Å². The lowest BCUT2D eigenvalue weighted by molar-refractivity contribution is -0.420. The molecule has 6 aromatic heterocycles. The molecule has 6 heterocycles. The number of hydrogen-bond acceptors (Lipinski definition) is 16. The summed E-state index contributed by atoms with van der Waals surface area (Å²) in [5.74, 6) is -1.30. The fourth-order valence-electron chi connectivity index (χ4n) is 8.76. The zero-order valence-electron chi connectivity index (χ0n) is 44.7. The second kappa shape index (κ2) is 30.3. The average molecular weight is 1370 g/mol. The predicted octanol–water partition coefficient (Wildman–Crippen LogP) is 19.9. The number of thiophene rings is 6. The Kier molecular flexibility index (Phi) is 23.7. The van der Waals surface area contributed by atoms with Crippen molar-refractivity contribution in [3.05, 3.63) is 185 Å². The monoisotopic (exact) mass is 1370 g/mol. The van der Waals surface area contributed by atoms with Crippen LogP contribution in [-0.2, 0) is 19.3 Å². The third-order valence-electron chi connectivity index (χ3n) is 12.8. The highest BCUT2D eigenvalue weighted by atomic mass is 79.9. The number of benzene rings is 3. The van der Waals surface area contributed by atoms with E-state index in [1.165, 1.54) is 46.9 Å². The molecule has 0 bridgehead atoms. The van der Waals surface area contributed by atoms with E-state index < -0.39 is 55.4 Å². The molecule has 0 saturated carbocycles. The van der Waals surface area contributed by atoms with Crippen LogP contribution < -0.4 is 5.46 Å². The van der Waals surface area contributed by atoms with Gasteiger partial charge in [-0.1, -0.05) is 95.7 Å². The summed E-state index contributed by atoms with van der Waals surface area (Å²) in [6.45, 7) is 6.34. The van der Waals surface area contributed by atoms with Crippen molar-refractivity contribution in [3.63, 3.8) is 0 Å². The van der Waals surface area contributed by atoms with Crippen molar-refractivity contribution in [1.82, 2.24) is 0 Å². The predicted molar refractivity (Wildman–Crippen MR) is 341 cm³/mol. The van der Waals surface area contributed by atoms with E-state index >= 15 is 8.78 Å². The Labute approximate surface area is 517 Å². The summed E-state index contributed by atoms with van der Waals surface area (Å²) in [7, 11) is -1.73. The summed E-state index contributed by atoms with van der Waals surface area (Å²) in [6, 6.07) is 28.4. The molecule has 0 unspecified atom stereocenters. The van der Waals surface area contributed by atoms with E-state index in [0.29, 0.717) is 50.1 Å². The highest BCUT2D eigenvalue weighted by Gasteiger charge is 2.40. The normalized spacial score (nSPS) is 11.0. The Morgan fingerprint density at radius 3 is 0.988 bits per heavy atom. The number of nitrogens with zero attached hydrogens (tertiary/aromatic N) is 4. The van der Waals surface area contributed by atoms with E-state index in [2.05, 4.69) is 52.6 Å². The van der Waals surface area contributed by atoms with Crippen LogP contribution in [0.2, 0.25) is 0 Å². The number of aryl methyl sites for hydroxylation is 3. The van der Waals surface area contributed by atoms with Crippen LogP contribution >= 0.6 is 99.9 Å². The van der Waals surface area contributed by atoms with Crippen molar-refractivity contribution in [3.8, 4) is 59.9 Å². The van der Waals surface area contributed by atoms with Gasteiger partial charge >= 0.3 is 29.9 Å². The molecule has 0 aliphatic rings. The van der Waals surface area contributed by atoms with Crippen LogP contribution in [0, 0.1) is 57.9 Å². The number of unbranched alkanes of at least 4 members (excludes halogenated alkanes) is 6. The van der Waals surface area contributed by atoms with Gasteiger partial charge in [-0.05, 0) is 154 Å². The molecule has 0 aliphatic heterocycles. The van der Waals surface area contributed by atoms with E-state index in [1.807, 2.05) is 12.1 Å². The summed E-state index contributed by atoms with van der Waals surface area (Å²) in [6.07, 6.45) is 12.0. The maximum atomic E-state index is 15.1. The van der Waals surface area contributed by atoms with Gasteiger partial charge in [0.15, 0.2) is 0 Å². The molecule has 0 fully saturated rings. The summed E-state index contributed by atoms with van der Waals surface area (Å²) < 4.78 is 45.1. The highest BCUT2D eigenvalue weighted by molar-refractivity contribution is 9.11. The van der Waals surface area contributed by atoms with Crippen molar-refractivity contribution in [1.29, 1.82) is 0 Å². The Balaban J connectivity index is 0.000000214. The molecular weight excluding hydrogens is 1320 g/mol. The van der Waals surface area contributed by atoms with Gasteiger partial charge in [-0.3, -0.25) is 40.5 Å². The average Bonchev–Trinajstić information content (AvgIpc) is 4.16. The quantitative estimate of drug-likeness (QED) is 0.0267. The maximum Gasteiger partial charge on any atom is 0.491 e. The van der Waals surface area contributed by atoms with Crippen LogP contribution in [0.15, 0.2) is 111 Å². The third kappa shape index (κ3) is 16.3. The molecule has 14 nitrogen and oxygen atoms in total. The van der Waals surface area contributed by atoms with Gasteiger partial charge in [-0.2, -0.15) is 0 Å². The third-order valence-corrected chi connectivity index (χ3v) is 21.4. The molecule has 0 saturated heterocycles.